The zero-order valence-electron chi connectivity index (χ0n) is 13.7. The van der Waals surface area contributed by atoms with Crippen molar-refractivity contribution in [2.24, 2.45) is 7.05 Å². The van der Waals surface area contributed by atoms with Gasteiger partial charge in [0.05, 0.1) is 24.0 Å². The predicted molar refractivity (Wildman–Crippen MR) is 90.7 cm³/mol. The molecule has 0 amide bonds. The molecule has 2 atom stereocenters. The van der Waals surface area contributed by atoms with E-state index in [1.54, 1.807) is 25.2 Å². The monoisotopic (exact) mass is 370 g/mol. The van der Waals surface area contributed by atoms with Crippen LogP contribution in [-0.4, -0.2) is 42.2 Å². The SMILES string of the molecule is Cc1cc(Cl)ccc1N(C1CCOC1C)S(=O)(=O)c1cn(C)nn1. The summed E-state index contributed by atoms with van der Waals surface area (Å²) in [5, 5.41) is 8.02. The van der Waals surface area contributed by atoms with Crippen LogP contribution in [0.3, 0.4) is 0 Å². The summed E-state index contributed by atoms with van der Waals surface area (Å²) in [4.78, 5) is 0. The molecule has 0 saturated carbocycles. The third-order valence-electron chi connectivity index (χ3n) is 4.14. The largest absolute Gasteiger partial charge is 0.376 e. The predicted octanol–water partition coefficient (Wildman–Crippen LogP) is 2.15. The minimum atomic E-state index is -3.87. The highest BCUT2D eigenvalue weighted by Gasteiger charge is 2.40. The van der Waals surface area contributed by atoms with Crippen molar-refractivity contribution in [2.45, 2.75) is 37.4 Å². The number of anilines is 1. The summed E-state index contributed by atoms with van der Waals surface area (Å²) < 4.78 is 34.8. The minimum absolute atomic E-state index is 0.0848. The van der Waals surface area contributed by atoms with Gasteiger partial charge >= 0.3 is 0 Å². The van der Waals surface area contributed by atoms with Crippen LogP contribution in [0.5, 0.6) is 0 Å². The number of aryl methyl sites for hydroxylation is 2. The van der Waals surface area contributed by atoms with Gasteiger partial charge in [-0.2, -0.15) is 8.42 Å². The van der Waals surface area contributed by atoms with Gasteiger partial charge in [0.25, 0.3) is 10.0 Å². The van der Waals surface area contributed by atoms with Crippen molar-refractivity contribution in [1.82, 2.24) is 15.0 Å². The lowest BCUT2D eigenvalue weighted by Crippen LogP contribution is -2.44. The van der Waals surface area contributed by atoms with E-state index in [2.05, 4.69) is 10.3 Å². The van der Waals surface area contributed by atoms with E-state index in [0.717, 1.165) is 5.56 Å². The number of nitrogens with zero attached hydrogens (tertiary/aromatic N) is 4. The molecule has 0 radical (unpaired) electrons. The molecule has 0 aliphatic carbocycles. The topological polar surface area (TPSA) is 77.3 Å². The molecule has 1 aliphatic heterocycles. The van der Waals surface area contributed by atoms with Crippen LogP contribution in [0.1, 0.15) is 18.9 Å². The highest BCUT2D eigenvalue weighted by molar-refractivity contribution is 7.92. The van der Waals surface area contributed by atoms with Gasteiger partial charge in [-0.25, -0.2) is 0 Å². The molecule has 0 spiro atoms. The van der Waals surface area contributed by atoms with E-state index in [4.69, 9.17) is 16.3 Å². The number of benzene rings is 1. The van der Waals surface area contributed by atoms with Crippen LogP contribution < -0.4 is 4.31 Å². The first-order chi connectivity index (χ1) is 11.3. The van der Waals surface area contributed by atoms with Gasteiger partial charge < -0.3 is 4.74 Å². The molecule has 1 saturated heterocycles. The molecular weight excluding hydrogens is 352 g/mol. The minimum Gasteiger partial charge on any atom is -0.376 e. The van der Waals surface area contributed by atoms with Crippen LogP contribution in [0.2, 0.25) is 5.02 Å². The maximum absolute atomic E-state index is 13.2. The molecule has 130 valence electrons. The number of hydrogen-bond acceptors (Lipinski definition) is 5. The van der Waals surface area contributed by atoms with E-state index >= 15 is 0 Å². The van der Waals surface area contributed by atoms with Crippen LogP contribution in [0.25, 0.3) is 0 Å². The molecule has 1 aromatic heterocycles. The lowest BCUT2D eigenvalue weighted by atomic mass is 10.1. The summed E-state index contributed by atoms with van der Waals surface area (Å²) >= 11 is 6.03. The number of halogens is 1. The highest BCUT2D eigenvalue weighted by atomic mass is 35.5. The fourth-order valence-corrected chi connectivity index (χ4v) is 4.88. The third kappa shape index (κ3) is 3.01. The standard InChI is InChI=1S/C15H19ClN4O3S/c1-10-8-12(16)4-5-13(10)20(14-6-7-23-11(14)2)24(21,22)15-9-19(3)18-17-15/h4-5,8-9,11,14H,6-7H2,1-3H3. The van der Waals surface area contributed by atoms with Crippen molar-refractivity contribution in [3.8, 4) is 0 Å². The second kappa shape index (κ2) is 6.34. The Labute approximate surface area is 146 Å². The molecule has 0 N–H and O–H groups in total. The van der Waals surface area contributed by atoms with Gasteiger partial charge in [-0.05, 0) is 44.0 Å². The number of rotatable bonds is 4. The Morgan fingerprint density at radius 1 is 1.42 bits per heavy atom. The summed E-state index contributed by atoms with van der Waals surface area (Å²) in [5.74, 6) is 0. The molecule has 24 heavy (non-hydrogen) atoms. The van der Waals surface area contributed by atoms with Crippen LogP contribution in [-0.2, 0) is 21.8 Å². The van der Waals surface area contributed by atoms with Gasteiger partial charge in [0.1, 0.15) is 0 Å². The first-order valence-electron chi connectivity index (χ1n) is 7.59. The van der Waals surface area contributed by atoms with E-state index in [1.165, 1.54) is 15.2 Å². The molecular formula is C15H19ClN4O3S. The van der Waals surface area contributed by atoms with E-state index < -0.39 is 10.0 Å². The first-order valence-corrected chi connectivity index (χ1v) is 9.41. The van der Waals surface area contributed by atoms with Crippen LogP contribution in [0.4, 0.5) is 5.69 Å². The summed E-state index contributed by atoms with van der Waals surface area (Å²) in [5.41, 5.74) is 1.35. The number of sulfonamides is 1. The van der Waals surface area contributed by atoms with E-state index in [9.17, 15) is 8.42 Å². The fourth-order valence-electron chi connectivity index (χ4n) is 2.93. The molecule has 9 heteroatoms. The van der Waals surface area contributed by atoms with Crippen molar-refractivity contribution >= 4 is 27.3 Å². The smallest absolute Gasteiger partial charge is 0.285 e. The number of hydrogen-bond donors (Lipinski definition) is 0. The summed E-state index contributed by atoms with van der Waals surface area (Å²) in [6.07, 6.45) is 1.79. The molecule has 3 rings (SSSR count). The Kier molecular flexibility index (Phi) is 4.54. The number of ether oxygens (including phenoxy) is 1. The van der Waals surface area contributed by atoms with Gasteiger partial charge in [-0.3, -0.25) is 8.99 Å². The molecule has 1 aliphatic rings. The molecule has 7 nitrogen and oxygen atoms in total. The summed E-state index contributed by atoms with van der Waals surface area (Å²) in [6.45, 7) is 4.23. The normalized spacial score (nSPS) is 21.2. The Morgan fingerprint density at radius 3 is 2.71 bits per heavy atom. The Bertz CT molecular complexity index is 852. The van der Waals surface area contributed by atoms with E-state index in [0.29, 0.717) is 23.7 Å². The van der Waals surface area contributed by atoms with Crippen LogP contribution in [0.15, 0.2) is 29.4 Å². The maximum atomic E-state index is 13.2. The molecule has 2 aromatic rings. The number of aromatic nitrogens is 3. The van der Waals surface area contributed by atoms with Gasteiger partial charge in [-0.1, -0.05) is 16.8 Å². The summed E-state index contributed by atoms with van der Waals surface area (Å²) in [7, 11) is -2.24. The van der Waals surface area contributed by atoms with Crippen molar-refractivity contribution < 1.29 is 13.2 Å². The second-order valence-electron chi connectivity index (χ2n) is 5.89. The molecule has 1 aromatic carbocycles. The first kappa shape index (κ1) is 17.2. The van der Waals surface area contributed by atoms with Gasteiger partial charge in [0, 0.05) is 18.7 Å². The lowest BCUT2D eigenvalue weighted by molar-refractivity contribution is 0.119. The average Bonchev–Trinajstić information content (AvgIpc) is 3.11. The van der Waals surface area contributed by atoms with E-state index in [-0.39, 0.29) is 17.2 Å². The zero-order chi connectivity index (χ0) is 17.5. The Morgan fingerprint density at radius 2 is 2.17 bits per heavy atom. The maximum Gasteiger partial charge on any atom is 0.285 e. The van der Waals surface area contributed by atoms with Gasteiger partial charge in [0.15, 0.2) is 0 Å². The van der Waals surface area contributed by atoms with Crippen molar-refractivity contribution in [1.29, 1.82) is 0 Å². The highest BCUT2D eigenvalue weighted by Crippen LogP contribution is 2.34. The molecule has 2 unspecified atom stereocenters. The molecule has 0 bridgehead atoms. The Hall–Kier alpha value is -1.64. The van der Waals surface area contributed by atoms with Gasteiger partial charge in [-0.15, -0.1) is 5.10 Å². The summed E-state index contributed by atoms with van der Waals surface area (Å²) in [6, 6.07) is 4.84. The second-order valence-corrected chi connectivity index (χ2v) is 8.09. The van der Waals surface area contributed by atoms with Gasteiger partial charge in [0.2, 0.25) is 5.03 Å². The van der Waals surface area contributed by atoms with Crippen molar-refractivity contribution in [3.05, 3.63) is 35.0 Å². The fraction of sp³-hybridized carbons (Fsp3) is 0.467. The van der Waals surface area contributed by atoms with Crippen LogP contribution >= 0.6 is 11.6 Å². The molecule has 1 fully saturated rings. The lowest BCUT2D eigenvalue weighted by Gasteiger charge is -2.32. The average molecular weight is 371 g/mol. The Balaban J connectivity index is 2.15. The quantitative estimate of drug-likeness (QED) is 0.824. The van der Waals surface area contributed by atoms with Crippen LogP contribution in [0, 0.1) is 6.92 Å². The third-order valence-corrected chi connectivity index (χ3v) is 6.07. The van der Waals surface area contributed by atoms with E-state index in [1.807, 2.05) is 13.8 Å². The molecule has 2 heterocycles. The van der Waals surface area contributed by atoms with Crippen molar-refractivity contribution in [2.75, 3.05) is 10.9 Å². The zero-order valence-corrected chi connectivity index (χ0v) is 15.3. The van der Waals surface area contributed by atoms with Crippen molar-refractivity contribution in [3.63, 3.8) is 0 Å².